The van der Waals surface area contributed by atoms with Crippen LogP contribution in [-0.2, 0) is 6.54 Å². The topological polar surface area (TPSA) is 12.0 Å². The maximum absolute atomic E-state index is 3.51. The van der Waals surface area contributed by atoms with Crippen LogP contribution in [-0.4, -0.2) is 0 Å². The van der Waals surface area contributed by atoms with Crippen LogP contribution in [0.4, 0.5) is 5.69 Å². The molecular weight excluding hydrogens is 350 g/mol. The first kappa shape index (κ1) is 13.9. The Hall–Kier alpha value is -1.10. The number of anilines is 1. The van der Waals surface area contributed by atoms with Crippen LogP contribution in [0.3, 0.4) is 0 Å². The number of nitrogens with one attached hydrogen (secondary N) is 1. The summed E-state index contributed by atoms with van der Waals surface area (Å²) < 4.78 is 1.12. The lowest BCUT2D eigenvalue weighted by molar-refractivity contribution is 1.18. The van der Waals surface area contributed by atoms with Gasteiger partial charge < -0.3 is 5.32 Å². The number of hydrogen-bond acceptors (Lipinski definition) is 3. The van der Waals surface area contributed by atoms with E-state index in [4.69, 9.17) is 0 Å². The third-order valence-electron chi connectivity index (χ3n) is 3.10. The van der Waals surface area contributed by atoms with Gasteiger partial charge >= 0.3 is 0 Å². The molecular formula is C16H14BrNS2. The number of aryl methyl sites for hydroxylation is 1. The number of rotatable bonds is 4. The summed E-state index contributed by atoms with van der Waals surface area (Å²) in [7, 11) is 0. The summed E-state index contributed by atoms with van der Waals surface area (Å²) in [6.07, 6.45) is 0. The summed E-state index contributed by atoms with van der Waals surface area (Å²) in [5, 5.41) is 7.86. The largest absolute Gasteiger partial charge is 0.380 e. The van der Waals surface area contributed by atoms with E-state index >= 15 is 0 Å². The predicted octanol–water partition coefficient (Wildman–Crippen LogP) is 6.16. The first-order chi connectivity index (χ1) is 9.72. The lowest BCUT2D eigenvalue weighted by Crippen LogP contribution is -1.99. The number of thiophene rings is 2. The van der Waals surface area contributed by atoms with Gasteiger partial charge in [0.05, 0.1) is 0 Å². The monoisotopic (exact) mass is 363 g/mol. The summed E-state index contributed by atoms with van der Waals surface area (Å²) >= 11 is 7.09. The van der Waals surface area contributed by atoms with Crippen molar-refractivity contribution in [2.75, 3.05) is 5.32 Å². The van der Waals surface area contributed by atoms with Gasteiger partial charge in [-0.3, -0.25) is 0 Å². The average molecular weight is 364 g/mol. The zero-order valence-electron chi connectivity index (χ0n) is 11.0. The van der Waals surface area contributed by atoms with Crippen LogP contribution in [0.2, 0.25) is 0 Å². The highest BCUT2D eigenvalue weighted by molar-refractivity contribution is 9.10. The van der Waals surface area contributed by atoms with Crippen LogP contribution in [0.1, 0.15) is 10.4 Å². The van der Waals surface area contributed by atoms with Crippen LogP contribution in [0.25, 0.3) is 10.4 Å². The molecule has 0 radical (unpaired) electrons. The highest BCUT2D eigenvalue weighted by atomic mass is 79.9. The van der Waals surface area contributed by atoms with Crippen molar-refractivity contribution in [2.24, 2.45) is 0 Å². The molecule has 0 saturated carbocycles. The quantitative estimate of drug-likeness (QED) is 0.585. The number of hydrogen-bond donors (Lipinski definition) is 1. The molecule has 1 N–H and O–H groups in total. The van der Waals surface area contributed by atoms with Crippen LogP contribution >= 0.6 is 38.6 Å². The van der Waals surface area contributed by atoms with Crippen molar-refractivity contribution in [1.82, 2.24) is 0 Å². The fraction of sp³-hybridized carbons (Fsp3) is 0.125. The summed E-state index contributed by atoms with van der Waals surface area (Å²) in [6, 6.07) is 12.9. The minimum atomic E-state index is 0.874. The molecule has 3 rings (SSSR count). The highest BCUT2D eigenvalue weighted by Gasteiger charge is 2.04. The van der Waals surface area contributed by atoms with Gasteiger partial charge in [0.25, 0.3) is 0 Å². The second-order valence-electron chi connectivity index (χ2n) is 4.59. The zero-order valence-corrected chi connectivity index (χ0v) is 14.2. The summed E-state index contributed by atoms with van der Waals surface area (Å²) in [4.78, 5) is 2.70. The van der Waals surface area contributed by atoms with E-state index in [1.165, 1.54) is 26.6 Å². The van der Waals surface area contributed by atoms with Crippen molar-refractivity contribution in [3.63, 3.8) is 0 Å². The molecule has 0 fully saturated rings. The van der Waals surface area contributed by atoms with Gasteiger partial charge in [0, 0.05) is 32.0 Å². The lowest BCUT2D eigenvalue weighted by atomic mass is 10.2. The third kappa shape index (κ3) is 3.14. The van der Waals surface area contributed by atoms with E-state index < -0.39 is 0 Å². The van der Waals surface area contributed by atoms with Crippen LogP contribution in [0.5, 0.6) is 0 Å². The van der Waals surface area contributed by atoms with Gasteiger partial charge in [0.2, 0.25) is 0 Å². The Kier molecular flexibility index (Phi) is 4.24. The van der Waals surface area contributed by atoms with Crippen molar-refractivity contribution >= 4 is 44.3 Å². The van der Waals surface area contributed by atoms with Crippen molar-refractivity contribution < 1.29 is 0 Å². The summed E-state index contributed by atoms with van der Waals surface area (Å²) in [5.74, 6) is 0. The van der Waals surface area contributed by atoms with E-state index in [0.717, 1.165) is 11.0 Å². The first-order valence-corrected chi connectivity index (χ1v) is 8.89. The number of halogens is 1. The Morgan fingerprint density at radius 1 is 1.15 bits per heavy atom. The van der Waals surface area contributed by atoms with Crippen molar-refractivity contribution in [3.8, 4) is 10.4 Å². The molecule has 2 aromatic heterocycles. The molecule has 4 heteroatoms. The van der Waals surface area contributed by atoms with Gasteiger partial charge in [0.15, 0.2) is 0 Å². The summed E-state index contributed by atoms with van der Waals surface area (Å²) in [5.41, 5.74) is 3.78. The second kappa shape index (κ2) is 6.12. The minimum absolute atomic E-state index is 0.874. The van der Waals surface area contributed by atoms with Crippen LogP contribution in [0, 0.1) is 6.92 Å². The Morgan fingerprint density at radius 2 is 2.05 bits per heavy atom. The lowest BCUT2D eigenvalue weighted by Gasteiger charge is -2.08. The smallest absolute Gasteiger partial charge is 0.0494 e. The van der Waals surface area contributed by atoms with E-state index in [0.29, 0.717) is 0 Å². The molecule has 0 aliphatic carbocycles. The van der Waals surface area contributed by atoms with E-state index in [1.54, 1.807) is 11.3 Å². The molecule has 102 valence electrons. The van der Waals surface area contributed by atoms with E-state index in [2.05, 4.69) is 75.3 Å². The average Bonchev–Trinajstić information content (AvgIpc) is 3.08. The normalized spacial score (nSPS) is 10.7. The molecule has 1 aromatic carbocycles. The Morgan fingerprint density at radius 3 is 2.80 bits per heavy atom. The van der Waals surface area contributed by atoms with E-state index in [-0.39, 0.29) is 0 Å². The highest BCUT2D eigenvalue weighted by Crippen LogP contribution is 2.30. The Balaban J connectivity index is 1.70. The van der Waals surface area contributed by atoms with Gasteiger partial charge in [-0.05, 0) is 53.6 Å². The van der Waals surface area contributed by atoms with Crippen molar-refractivity contribution in [2.45, 2.75) is 13.5 Å². The standard InChI is InChI=1S/C16H14BrNS2/c1-11-7-13(17)4-5-15(11)18-9-14-8-12(10-20-14)16-3-2-6-19-16/h2-8,10,18H,9H2,1H3. The summed E-state index contributed by atoms with van der Waals surface area (Å²) in [6.45, 7) is 3.00. The molecule has 0 aliphatic rings. The Bertz CT molecular complexity index is 701. The molecule has 0 bridgehead atoms. The molecule has 0 amide bonds. The maximum atomic E-state index is 3.51. The molecule has 0 spiro atoms. The maximum Gasteiger partial charge on any atom is 0.0494 e. The van der Waals surface area contributed by atoms with Crippen LogP contribution < -0.4 is 5.32 Å². The van der Waals surface area contributed by atoms with E-state index in [9.17, 15) is 0 Å². The molecule has 20 heavy (non-hydrogen) atoms. The van der Waals surface area contributed by atoms with Gasteiger partial charge in [0.1, 0.15) is 0 Å². The second-order valence-corrected chi connectivity index (χ2v) is 7.45. The molecule has 2 heterocycles. The fourth-order valence-electron chi connectivity index (χ4n) is 2.05. The minimum Gasteiger partial charge on any atom is -0.380 e. The molecule has 0 atom stereocenters. The molecule has 0 unspecified atom stereocenters. The van der Waals surface area contributed by atoms with Crippen molar-refractivity contribution in [3.05, 3.63) is 62.1 Å². The number of benzene rings is 1. The molecule has 1 nitrogen and oxygen atoms in total. The van der Waals surface area contributed by atoms with Gasteiger partial charge in [-0.15, -0.1) is 22.7 Å². The van der Waals surface area contributed by atoms with Gasteiger partial charge in [-0.1, -0.05) is 22.0 Å². The predicted molar refractivity (Wildman–Crippen MR) is 93.8 cm³/mol. The fourth-order valence-corrected chi connectivity index (χ4v) is 4.14. The third-order valence-corrected chi connectivity index (χ3v) is 5.45. The molecule has 3 aromatic rings. The Labute approximate surface area is 135 Å². The zero-order chi connectivity index (χ0) is 13.9. The van der Waals surface area contributed by atoms with Gasteiger partial charge in [-0.2, -0.15) is 0 Å². The molecule has 0 saturated heterocycles. The van der Waals surface area contributed by atoms with Gasteiger partial charge in [-0.25, -0.2) is 0 Å². The SMILES string of the molecule is Cc1cc(Br)ccc1NCc1cc(-c2cccs2)cs1. The molecule has 0 aliphatic heterocycles. The van der Waals surface area contributed by atoms with Crippen LogP contribution in [0.15, 0.2) is 51.6 Å². The van der Waals surface area contributed by atoms with E-state index in [1.807, 2.05) is 11.3 Å². The van der Waals surface area contributed by atoms with Crippen molar-refractivity contribution in [1.29, 1.82) is 0 Å². The first-order valence-electron chi connectivity index (χ1n) is 6.34.